The lowest BCUT2D eigenvalue weighted by Crippen LogP contribution is -1.99. The predicted octanol–water partition coefficient (Wildman–Crippen LogP) is 2.55. The molecule has 1 N–H and O–H groups in total. The zero-order chi connectivity index (χ0) is 11.0. The second-order valence-electron chi connectivity index (χ2n) is 3.38. The van der Waals surface area contributed by atoms with Gasteiger partial charge in [-0.1, -0.05) is 0 Å². The average Bonchev–Trinajstić information content (AvgIpc) is 2.14. The Kier molecular flexibility index (Phi) is 2.40. The summed E-state index contributed by atoms with van der Waals surface area (Å²) in [6.07, 6.45) is 0. The summed E-state index contributed by atoms with van der Waals surface area (Å²) in [7, 11) is 0. The quantitative estimate of drug-likeness (QED) is 0.598. The lowest BCUT2D eigenvalue weighted by molar-refractivity contribution is 0.478. The highest BCUT2D eigenvalue weighted by molar-refractivity contribution is 6.18. The summed E-state index contributed by atoms with van der Waals surface area (Å²) >= 11 is 5.70. The maximum absolute atomic E-state index is 11.2. The Labute approximate surface area is 90.9 Å². The van der Waals surface area contributed by atoms with Crippen molar-refractivity contribution >= 4 is 22.6 Å². The molecule has 2 aromatic rings. The normalized spacial score (nSPS) is 10.8. The van der Waals surface area contributed by atoms with Gasteiger partial charge in [-0.3, -0.25) is 0 Å². The molecule has 1 aromatic carbocycles. The lowest BCUT2D eigenvalue weighted by Gasteiger charge is -2.05. The molecule has 0 aliphatic carbocycles. The zero-order valence-electron chi connectivity index (χ0n) is 8.08. The number of phenolic OH excluding ortho intramolecular Hbond substituents is 1. The Morgan fingerprint density at radius 3 is 2.80 bits per heavy atom. The molecule has 15 heavy (non-hydrogen) atoms. The SMILES string of the molecule is Cc1cc(O)c2c(CCl)cc(=O)oc2c1. The van der Waals surface area contributed by atoms with Crippen LogP contribution in [0.3, 0.4) is 0 Å². The van der Waals surface area contributed by atoms with Gasteiger partial charge in [0.1, 0.15) is 11.3 Å². The highest BCUT2D eigenvalue weighted by Gasteiger charge is 2.09. The molecule has 0 saturated carbocycles. The summed E-state index contributed by atoms with van der Waals surface area (Å²) < 4.78 is 4.99. The fourth-order valence-corrected chi connectivity index (χ4v) is 1.81. The molecule has 1 heterocycles. The van der Waals surface area contributed by atoms with Gasteiger partial charge < -0.3 is 9.52 Å². The Morgan fingerprint density at radius 1 is 1.40 bits per heavy atom. The van der Waals surface area contributed by atoms with Crippen molar-refractivity contribution in [2.75, 3.05) is 0 Å². The highest BCUT2D eigenvalue weighted by Crippen LogP contribution is 2.29. The van der Waals surface area contributed by atoms with Crippen LogP contribution >= 0.6 is 11.6 Å². The van der Waals surface area contributed by atoms with Gasteiger partial charge >= 0.3 is 5.63 Å². The number of phenols is 1. The second kappa shape index (κ2) is 3.59. The topological polar surface area (TPSA) is 50.4 Å². The van der Waals surface area contributed by atoms with E-state index >= 15 is 0 Å². The fourth-order valence-electron chi connectivity index (χ4n) is 1.60. The standard InChI is InChI=1S/C11H9ClO3/c1-6-2-8(13)11-7(5-12)4-10(14)15-9(11)3-6/h2-4,13H,5H2,1H3. The molecular formula is C11H9ClO3. The van der Waals surface area contributed by atoms with Crippen LogP contribution in [-0.4, -0.2) is 5.11 Å². The smallest absolute Gasteiger partial charge is 0.336 e. The number of fused-ring (bicyclic) bond motifs is 1. The minimum absolute atomic E-state index is 0.0874. The molecule has 0 amide bonds. The molecule has 0 radical (unpaired) electrons. The Balaban J connectivity index is 2.96. The Bertz CT molecular complexity index is 572. The van der Waals surface area contributed by atoms with E-state index in [0.29, 0.717) is 16.5 Å². The average molecular weight is 225 g/mol. The molecular weight excluding hydrogens is 216 g/mol. The zero-order valence-corrected chi connectivity index (χ0v) is 8.84. The minimum atomic E-state index is -0.455. The summed E-state index contributed by atoms with van der Waals surface area (Å²) in [5.41, 5.74) is 1.33. The van der Waals surface area contributed by atoms with Crippen molar-refractivity contribution in [3.05, 3.63) is 39.7 Å². The van der Waals surface area contributed by atoms with Gasteiger partial charge in [0, 0.05) is 11.9 Å². The number of aromatic hydroxyl groups is 1. The van der Waals surface area contributed by atoms with E-state index in [4.69, 9.17) is 16.0 Å². The number of aryl methyl sites for hydroxylation is 1. The molecule has 0 unspecified atom stereocenters. The maximum atomic E-state index is 11.2. The van der Waals surface area contributed by atoms with Crippen molar-refractivity contribution in [3.63, 3.8) is 0 Å². The molecule has 3 nitrogen and oxygen atoms in total. The monoisotopic (exact) mass is 224 g/mol. The van der Waals surface area contributed by atoms with Crippen LogP contribution in [0.4, 0.5) is 0 Å². The van der Waals surface area contributed by atoms with Gasteiger partial charge in [-0.15, -0.1) is 11.6 Å². The third-order valence-corrected chi connectivity index (χ3v) is 2.48. The largest absolute Gasteiger partial charge is 0.507 e. The van der Waals surface area contributed by atoms with Crippen molar-refractivity contribution in [3.8, 4) is 5.75 Å². The number of hydrogen-bond acceptors (Lipinski definition) is 3. The van der Waals surface area contributed by atoms with Gasteiger partial charge in [0.2, 0.25) is 0 Å². The van der Waals surface area contributed by atoms with Crippen LogP contribution in [0.2, 0.25) is 0 Å². The maximum Gasteiger partial charge on any atom is 0.336 e. The van der Waals surface area contributed by atoms with Crippen molar-refractivity contribution in [1.29, 1.82) is 0 Å². The fraction of sp³-hybridized carbons (Fsp3) is 0.182. The molecule has 78 valence electrons. The van der Waals surface area contributed by atoms with E-state index in [0.717, 1.165) is 5.56 Å². The molecule has 0 fully saturated rings. The summed E-state index contributed by atoms with van der Waals surface area (Å²) in [4.78, 5) is 11.2. The van der Waals surface area contributed by atoms with Gasteiger partial charge in [0.15, 0.2) is 0 Å². The third-order valence-electron chi connectivity index (χ3n) is 2.19. The first-order valence-corrected chi connectivity index (χ1v) is 4.97. The van der Waals surface area contributed by atoms with E-state index in [9.17, 15) is 9.90 Å². The third kappa shape index (κ3) is 1.70. The van der Waals surface area contributed by atoms with E-state index in [-0.39, 0.29) is 11.6 Å². The van der Waals surface area contributed by atoms with E-state index in [1.807, 2.05) is 6.92 Å². The molecule has 0 aliphatic heterocycles. The molecule has 0 saturated heterocycles. The van der Waals surface area contributed by atoms with Gasteiger partial charge in [-0.05, 0) is 30.2 Å². The Morgan fingerprint density at radius 2 is 2.13 bits per heavy atom. The van der Waals surface area contributed by atoms with E-state index in [2.05, 4.69) is 0 Å². The molecule has 0 bridgehead atoms. The highest BCUT2D eigenvalue weighted by atomic mass is 35.5. The first-order valence-electron chi connectivity index (χ1n) is 4.44. The minimum Gasteiger partial charge on any atom is -0.507 e. The molecule has 0 aliphatic rings. The molecule has 4 heteroatoms. The number of alkyl halides is 1. The Hall–Kier alpha value is -1.48. The summed E-state index contributed by atoms with van der Waals surface area (Å²) in [5.74, 6) is 0.253. The predicted molar refractivity (Wildman–Crippen MR) is 58.4 cm³/mol. The van der Waals surface area contributed by atoms with E-state index in [1.165, 1.54) is 6.07 Å². The van der Waals surface area contributed by atoms with Crippen LogP contribution in [0.25, 0.3) is 11.0 Å². The van der Waals surface area contributed by atoms with Crippen molar-refractivity contribution in [2.45, 2.75) is 12.8 Å². The van der Waals surface area contributed by atoms with Crippen LogP contribution in [-0.2, 0) is 5.88 Å². The number of hydrogen-bond donors (Lipinski definition) is 1. The van der Waals surface area contributed by atoms with Crippen molar-refractivity contribution in [2.24, 2.45) is 0 Å². The van der Waals surface area contributed by atoms with Crippen LogP contribution in [0, 0.1) is 6.92 Å². The first-order chi connectivity index (χ1) is 7.11. The summed E-state index contributed by atoms with van der Waals surface area (Å²) in [5, 5.41) is 10.2. The van der Waals surface area contributed by atoms with E-state index in [1.54, 1.807) is 12.1 Å². The molecule has 1 aromatic heterocycles. The van der Waals surface area contributed by atoms with E-state index < -0.39 is 5.63 Å². The number of rotatable bonds is 1. The number of halogens is 1. The summed E-state index contributed by atoms with van der Waals surface area (Å²) in [6, 6.07) is 4.61. The van der Waals surface area contributed by atoms with Gasteiger partial charge in [-0.2, -0.15) is 0 Å². The van der Waals surface area contributed by atoms with Crippen molar-refractivity contribution < 1.29 is 9.52 Å². The second-order valence-corrected chi connectivity index (χ2v) is 3.65. The van der Waals surface area contributed by atoms with Gasteiger partial charge in [0.25, 0.3) is 0 Å². The van der Waals surface area contributed by atoms with Crippen LogP contribution in [0.15, 0.2) is 27.4 Å². The summed E-state index contributed by atoms with van der Waals surface area (Å²) in [6.45, 7) is 1.81. The lowest BCUT2D eigenvalue weighted by atomic mass is 10.1. The molecule has 0 spiro atoms. The van der Waals surface area contributed by atoms with Crippen LogP contribution in [0.5, 0.6) is 5.75 Å². The molecule has 0 atom stereocenters. The first kappa shape index (κ1) is 10.1. The van der Waals surface area contributed by atoms with Crippen LogP contribution in [0.1, 0.15) is 11.1 Å². The van der Waals surface area contributed by atoms with Crippen LogP contribution < -0.4 is 5.63 Å². The van der Waals surface area contributed by atoms with Gasteiger partial charge in [0.05, 0.1) is 5.39 Å². The molecule has 2 rings (SSSR count). The van der Waals surface area contributed by atoms with Crippen molar-refractivity contribution in [1.82, 2.24) is 0 Å². The van der Waals surface area contributed by atoms with Gasteiger partial charge in [-0.25, -0.2) is 4.79 Å². The number of benzene rings is 1.